The number of halogens is 1. The van der Waals surface area contributed by atoms with Crippen molar-refractivity contribution < 1.29 is 4.79 Å². The molecule has 0 saturated carbocycles. The number of rotatable bonds is 4. The Kier molecular flexibility index (Phi) is 5.61. The Bertz CT molecular complexity index is 1280. The minimum absolute atomic E-state index is 0.101. The molecule has 0 saturated heterocycles. The Hall–Kier alpha value is -3.44. The third kappa shape index (κ3) is 4.37. The van der Waals surface area contributed by atoms with Crippen molar-refractivity contribution >= 4 is 23.2 Å². The minimum Gasteiger partial charge on any atom is -0.319 e. The predicted octanol–water partition coefficient (Wildman–Crippen LogP) is 6.07. The lowest BCUT2D eigenvalue weighted by Crippen LogP contribution is -2.14. The largest absolute Gasteiger partial charge is 0.319 e. The second-order valence-corrected chi connectivity index (χ2v) is 8.16. The second kappa shape index (κ2) is 8.36. The van der Waals surface area contributed by atoms with Crippen molar-refractivity contribution in [3.05, 3.63) is 93.8 Å². The van der Waals surface area contributed by atoms with E-state index in [4.69, 9.17) is 11.6 Å². The van der Waals surface area contributed by atoms with Crippen LogP contribution in [0.2, 0.25) is 5.02 Å². The van der Waals surface area contributed by atoms with E-state index < -0.39 is 0 Å². The van der Waals surface area contributed by atoms with Gasteiger partial charge in [0.1, 0.15) is 0 Å². The number of carbonyl (C=O) groups is 1. The number of aryl methyl sites for hydroxylation is 4. The van der Waals surface area contributed by atoms with Gasteiger partial charge in [0.05, 0.1) is 5.69 Å². The predicted molar refractivity (Wildman–Crippen MR) is 125 cm³/mol. The number of aromatic nitrogens is 3. The smallest absolute Gasteiger partial charge is 0.295 e. The molecule has 0 aliphatic carbocycles. The Labute approximate surface area is 186 Å². The van der Waals surface area contributed by atoms with Gasteiger partial charge in [-0.2, -0.15) is 0 Å². The van der Waals surface area contributed by atoms with Crippen LogP contribution in [-0.4, -0.2) is 20.7 Å². The zero-order valence-electron chi connectivity index (χ0n) is 17.9. The van der Waals surface area contributed by atoms with Crippen molar-refractivity contribution in [1.82, 2.24) is 14.8 Å². The summed E-state index contributed by atoms with van der Waals surface area (Å²) in [6.07, 6.45) is 0. The number of hydrogen-bond donors (Lipinski definition) is 1. The van der Waals surface area contributed by atoms with E-state index in [1.807, 2.05) is 76.2 Å². The summed E-state index contributed by atoms with van der Waals surface area (Å²) >= 11 is 6.06. The molecule has 3 aromatic carbocycles. The number of carbonyl (C=O) groups excluding carboxylic acids is 1. The SMILES string of the molecule is Cc1ccc(C)c(-n2nc(C(=O)Nc3ccc(C)c(C)c3)nc2-c2ccc(Cl)cc2)c1. The third-order valence-electron chi connectivity index (χ3n) is 5.27. The summed E-state index contributed by atoms with van der Waals surface area (Å²) in [5, 5.41) is 8.12. The molecule has 0 atom stereocenters. The van der Waals surface area contributed by atoms with Crippen LogP contribution in [0.25, 0.3) is 17.1 Å². The Morgan fingerprint density at radius 1 is 0.871 bits per heavy atom. The van der Waals surface area contributed by atoms with Gasteiger partial charge in [-0.15, -0.1) is 5.10 Å². The first kappa shape index (κ1) is 20.8. The van der Waals surface area contributed by atoms with Gasteiger partial charge in [-0.3, -0.25) is 4.79 Å². The van der Waals surface area contributed by atoms with Gasteiger partial charge in [0.15, 0.2) is 5.82 Å². The average Bonchev–Trinajstić information content (AvgIpc) is 3.18. The van der Waals surface area contributed by atoms with Gasteiger partial charge >= 0.3 is 0 Å². The zero-order chi connectivity index (χ0) is 22.1. The summed E-state index contributed by atoms with van der Waals surface area (Å²) in [4.78, 5) is 17.6. The molecular formula is C25H23ClN4O. The molecule has 6 heteroatoms. The maximum absolute atomic E-state index is 13.0. The summed E-state index contributed by atoms with van der Waals surface area (Å²) in [7, 11) is 0. The quantitative estimate of drug-likeness (QED) is 0.427. The van der Waals surface area contributed by atoms with Gasteiger partial charge in [-0.25, -0.2) is 9.67 Å². The number of nitrogens with zero attached hydrogens (tertiary/aromatic N) is 3. The fraction of sp³-hybridized carbons (Fsp3) is 0.160. The van der Waals surface area contributed by atoms with E-state index in [2.05, 4.69) is 15.4 Å². The van der Waals surface area contributed by atoms with E-state index in [-0.39, 0.29) is 11.7 Å². The third-order valence-corrected chi connectivity index (χ3v) is 5.52. The highest BCUT2D eigenvalue weighted by molar-refractivity contribution is 6.30. The lowest BCUT2D eigenvalue weighted by molar-refractivity contribution is 0.101. The minimum atomic E-state index is -0.359. The summed E-state index contributed by atoms with van der Waals surface area (Å²) in [6, 6.07) is 19.3. The molecule has 0 unspecified atom stereocenters. The fourth-order valence-corrected chi connectivity index (χ4v) is 3.44. The zero-order valence-corrected chi connectivity index (χ0v) is 18.7. The molecule has 0 aliphatic heterocycles. The molecule has 4 rings (SSSR count). The topological polar surface area (TPSA) is 59.8 Å². The van der Waals surface area contributed by atoms with Crippen molar-refractivity contribution in [3.8, 4) is 17.1 Å². The standard InChI is InChI=1S/C25H23ClN4O/c1-15-5-6-17(3)22(13-15)30-24(19-8-10-20(26)11-9-19)28-23(29-30)25(31)27-21-12-7-16(2)18(4)14-21/h5-14H,1-4H3,(H,27,31). The van der Waals surface area contributed by atoms with Crippen LogP contribution < -0.4 is 5.32 Å². The van der Waals surface area contributed by atoms with Crippen molar-refractivity contribution in [2.75, 3.05) is 5.32 Å². The van der Waals surface area contributed by atoms with Gasteiger partial charge in [-0.05, 0) is 92.4 Å². The van der Waals surface area contributed by atoms with Crippen LogP contribution in [0, 0.1) is 27.7 Å². The maximum Gasteiger partial charge on any atom is 0.295 e. The molecule has 31 heavy (non-hydrogen) atoms. The molecule has 4 aromatic rings. The second-order valence-electron chi connectivity index (χ2n) is 7.72. The van der Waals surface area contributed by atoms with Crippen LogP contribution in [0.15, 0.2) is 60.7 Å². The summed E-state index contributed by atoms with van der Waals surface area (Å²) < 4.78 is 1.72. The van der Waals surface area contributed by atoms with E-state index in [0.29, 0.717) is 16.5 Å². The van der Waals surface area contributed by atoms with Crippen molar-refractivity contribution in [2.24, 2.45) is 0 Å². The monoisotopic (exact) mass is 430 g/mol. The lowest BCUT2D eigenvalue weighted by atomic mass is 10.1. The molecule has 1 amide bonds. The summed E-state index contributed by atoms with van der Waals surface area (Å²) in [5.74, 6) is 0.321. The molecular weight excluding hydrogens is 408 g/mol. The van der Waals surface area contributed by atoms with Crippen molar-refractivity contribution in [3.63, 3.8) is 0 Å². The normalized spacial score (nSPS) is 10.9. The number of hydrogen-bond acceptors (Lipinski definition) is 3. The maximum atomic E-state index is 13.0. The molecule has 0 spiro atoms. The fourth-order valence-electron chi connectivity index (χ4n) is 3.32. The van der Waals surface area contributed by atoms with Crippen LogP contribution in [0.5, 0.6) is 0 Å². The first-order chi connectivity index (χ1) is 14.8. The highest BCUT2D eigenvalue weighted by atomic mass is 35.5. The van der Waals surface area contributed by atoms with E-state index in [1.54, 1.807) is 16.8 Å². The van der Waals surface area contributed by atoms with Crippen molar-refractivity contribution in [1.29, 1.82) is 0 Å². The van der Waals surface area contributed by atoms with E-state index in [1.165, 1.54) is 5.56 Å². The van der Waals surface area contributed by atoms with Gasteiger partial charge in [0, 0.05) is 16.3 Å². The first-order valence-electron chi connectivity index (χ1n) is 10.0. The Balaban J connectivity index is 1.78. The highest BCUT2D eigenvalue weighted by Gasteiger charge is 2.20. The van der Waals surface area contributed by atoms with E-state index in [9.17, 15) is 4.79 Å². The summed E-state index contributed by atoms with van der Waals surface area (Å²) in [5.41, 5.74) is 6.81. The molecule has 5 nitrogen and oxygen atoms in total. The van der Waals surface area contributed by atoms with Gasteiger partial charge < -0.3 is 5.32 Å². The number of amides is 1. The first-order valence-corrected chi connectivity index (χ1v) is 10.4. The number of anilines is 1. The summed E-state index contributed by atoms with van der Waals surface area (Å²) in [6.45, 7) is 8.08. The molecule has 1 aromatic heterocycles. The molecule has 1 N–H and O–H groups in total. The van der Waals surface area contributed by atoms with Crippen molar-refractivity contribution in [2.45, 2.75) is 27.7 Å². The molecule has 0 aliphatic rings. The molecule has 156 valence electrons. The molecule has 0 bridgehead atoms. The van der Waals surface area contributed by atoms with Gasteiger partial charge in [-0.1, -0.05) is 29.8 Å². The lowest BCUT2D eigenvalue weighted by Gasteiger charge is -2.10. The van der Waals surface area contributed by atoms with Crippen LogP contribution in [-0.2, 0) is 0 Å². The van der Waals surface area contributed by atoms with Gasteiger partial charge in [0.2, 0.25) is 5.82 Å². The van der Waals surface area contributed by atoms with E-state index >= 15 is 0 Å². The Morgan fingerprint density at radius 2 is 1.58 bits per heavy atom. The highest BCUT2D eigenvalue weighted by Crippen LogP contribution is 2.25. The molecule has 0 radical (unpaired) electrons. The van der Waals surface area contributed by atoms with Crippen LogP contribution in [0.1, 0.15) is 32.9 Å². The number of nitrogens with one attached hydrogen (secondary N) is 1. The van der Waals surface area contributed by atoms with Crippen LogP contribution in [0.4, 0.5) is 5.69 Å². The van der Waals surface area contributed by atoms with Crippen LogP contribution >= 0.6 is 11.6 Å². The Morgan fingerprint density at radius 3 is 2.29 bits per heavy atom. The molecule has 0 fully saturated rings. The molecule has 1 heterocycles. The average molecular weight is 431 g/mol. The van der Waals surface area contributed by atoms with Gasteiger partial charge in [0.25, 0.3) is 5.91 Å². The van der Waals surface area contributed by atoms with Crippen LogP contribution in [0.3, 0.4) is 0 Å². The number of benzene rings is 3. The van der Waals surface area contributed by atoms with E-state index in [0.717, 1.165) is 27.9 Å².